The maximum absolute atomic E-state index is 12.6. The fourth-order valence-corrected chi connectivity index (χ4v) is 3.12. The van der Waals surface area contributed by atoms with Crippen LogP contribution in [0.4, 0.5) is 5.82 Å². The lowest BCUT2D eigenvalue weighted by Gasteiger charge is -2.30. The minimum absolute atomic E-state index is 0.0607. The van der Waals surface area contributed by atoms with Crippen molar-refractivity contribution in [2.24, 2.45) is 5.92 Å². The third-order valence-corrected chi connectivity index (χ3v) is 4.53. The number of hydrogen-bond acceptors (Lipinski definition) is 3. The van der Waals surface area contributed by atoms with Gasteiger partial charge in [-0.15, -0.1) is 0 Å². The van der Waals surface area contributed by atoms with Crippen LogP contribution in [0.25, 0.3) is 5.69 Å². The van der Waals surface area contributed by atoms with Crippen molar-refractivity contribution in [1.82, 2.24) is 14.7 Å². The molecule has 1 aromatic heterocycles. The van der Waals surface area contributed by atoms with E-state index in [2.05, 4.69) is 17.0 Å². The first kappa shape index (κ1) is 17.2. The number of likely N-dealkylation sites (tertiary alicyclic amines) is 1. The Balaban J connectivity index is 1.66. The number of rotatable bonds is 4. The molecule has 1 N–H and O–H groups in total. The fourth-order valence-electron chi connectivity index (χ4n) is 2.93. The summed E-state index contributed by atoms with van der Waals surface area (Å²) in [7, 11) is 0. The molecule has 0 spiro atoms. The van der Waals surface area contributed by atoms with E-state index in [1.165, 1.54) is 6.08 Å². The zero-order valence-electron chi connectivity index (χ0n) is 13.7. The Bertz CT molecular complexity index is 794. The predicted octanol–water partition coefficient (Wildman–Crippen LogP) is 2.89. The lowest BCUT2D eigenvalue weighted by molar-refractivity contribution is -0.130. The molecule has 2 amide bonds. The Morgan fingerprint density at radius 3 is 2.72 bits per heavy atom. The molecule has 25 heavy (non-hydrogen) atoms. The number of hydrogen-bond donors (Lipinski definition) is 1. The van der Waals surface area contributed by atoms with Crippen LogP contribution in [0, 0.1) is 5.92 Å². The Hall–Kier alpha value is -2.60. The van der Waals surface area contributed by atoms with Gasteiger partial charge in [0.15, 0.2) is 0 Å². The zero-order chi connectivity index (χ0) is 17.8. The number of amides is 2. The number of nitrogens with zero attached hydrogens (tertiary/aromatic N) is 3. The number of aromatic nitrogens is 2. The molecule has 130 valence electrons. The van der Waals surface area contributed by atoms with E-state index in [1.54, 1.807) is 34.0 Å². The molecule has 2 aromatic rings. The van der Waals surface area contributed by atoms with Crippen LogP contribution in [-0.4, -0.2) is 39.6 Å². The second kappa shape index (κ2) is 7.53. The second-order valence-electron chi connectivity index (χ2n) is 5.90. The van der Waals surface area contributed by atoms with Gasteiger partial charge in [-0.3, -0.25) is 9.59 Å². The number of carbonyl (C=O) groups is 2. The molecular weight excluding hydrogens is 340 g/mol. The molecular formula is C18H19ClN4O2. The first-order valence-electron chi connectivity index (χ1n) is 8.10. The van der Waals surface area contributed by atoms with Crippen molar-refractivity contribution in [2.45, 2.75) is 12.8 Å². The van der Waals surface area contributed by atoms with Crippen LogP contribution >= 0.6 is 11.6 Å². The smallest absolute Gasteiger partial charge is 0.245 e. The highest BCUT2D eigenvalue weighted by atomic mass is 35.5. The van der Waals surface area contributed by atoms with Gasteiger partial charge in [0.25, 0.3) is 0 Å². The molecule has 1 fully saturated rings. The molecule has 6 nitrogen and oxygen atoms in total. The van der Waals surface area contributed by atoms with Crippen LogP contribution in [0.2, 0.25) is 5.02 Å². The molecule has 1 aromatic carbocycles. The number of piperidine rings is 1. The second-order valence-corrected chi connectivity index (χ2v) is 6.34. The third-order valence-electron chi connectivity index (χ3n) is 4.30. The molecule has 1 aliphatic rings. The van der Waals surface area contributed by atoms with Gasteiger partial charge in [0.05, 0.1) is 11.9 Å². The summed E-state index contributed by atoms with van der Waals surface area (Å²) in [5.41, 5.74) is 0.777. The summed E-state index contributed by atoms with van der Waals surface area (Å²) in [6.07, 6.45) is 4.21. The van der Waals surface area contributed by atoms with Gasteiger partial charge >= 0.3 is 0 Å². The lowest BCUT2D eigenvalue weighted by Crippen LogP contribution is -2.40. The molecule has 0 aliphatic carbocycles. The van der Waals surface area contributed by atoms with Crippen LogP contribution in [-0.2, 0) is 9.59 Å². The number of carbonyl (C=O) groups excluding carboxylic acids is 2. The highest BCUT2D eigenvalue weighted by Crippen LogP contribution is 2.22. The molecule has 0 unspecified atom stereocenters. The molecule has 1 aliphatic heterocycles. The molecule has 3 rings (SSSR count). The highest BCUT2D eigenvalue weighted by molar-refractivity contribution is 6.30. The zero-order valence-corrected chi connectivity index (χ0v) is 14.4. The van der Waals surface area contributed by atoms with Crippen molar-refractivity contribution in [1.29, 1.82) is 0 Å². The lowest BCUT2D eigenvalue weighted by atomic mass is 9.96. The van der Waals surface area contributed by atoms with Crippen molar-refractivity contribution < 1.29 is 9.59 Å². The van der Waals surface area contributed by atoms with Crippen molar-refractivity contribution in [3.05, 3.63) is 54.2 Å². The maximum Gasteiger partial charge on any atom is 0.245 e. The van der Waals surface area contributed by atoms with Crippen LogP contribution in [0.3, 0.4) is 0 Å². The predicted molar refractivity (Wildman–Crippen MR) is 96.7 cm³/mol. The van der Waals surface area contributed by atoms with Crippen LogP contribution in [0.15, 0.2) is 49.2 Å². The normalized spacial score (nSPS) is 15.0. The van der Waals surface area contributed by atoms with Crippen LogP contribution in [0.1, 0.15) is 12.8 Å². The summed E-state index contributed by atoms with van der Waals surface area (Å²) in [6, 6.07) is 9.01. The van der Waals surface area contributed by atoms with E-state index < -0.39 is 0 Å². The van der Waals surface area contributed by atoms with Crippen molar-refractivity contribution >= 4 is 29.2 Å². The summed E-state index contributed by atoms with van der Waals surface area (Å²) in [5.74, 6) is 0.320. The molecule has 0 bridgehead atoms. The van der Waals surface area contributed by atoms with Crippen molar-refractivity contribution in [3.8, 4) is 5.69 Å². The summed E-state index contributed by atoms with van der Waals surface area (Å²) >= 11 is 6.03. The Morgan fingerprint density at radius 2 is 2.04 bits per heavy atom. The molecule has 0 radical (unpaired) electrons. The Labute approximate surface area is 151 Å². The summed E-state index contributed by atoms with van der Waals surface area (Å²) < 4.78 is 1.64. The van der Waals surface area contributed by atoms with Gasteiger partial charge < -0.3 is 10.2 Å². The quantitative estimate of drug-likeness (QED) is 0.854. The van der Waals surface area contributed by atoms with Gasteiger partial charge in [-0.05, 0) is 37.1 Å². The van der Waals surface area contributed by atoms with Crippen molar-refractivity contribution in [3.63, 3.8) is 0 Å². The standard InChI is InChI=1S/C18H19ClN4O2/c1-2-17(24)22-10-7-13(8-11-22)18(25)21-16-6-9-20-23(16)15-5-3-4-14(19)12-15/h2-6,9,12-13H,1,7-8,10-11H2,(H,21,25). The van der Waals surface area contributed by atoms with Crippen LogP contribution in [0.5, 0.6) is 0 Å². The Morgan fingerprint density at radius 1 is 1.28 bits per heavy atom. The van der Waals surface area contributed by atoms with Gasteiger partial charge in [0.2, 0.25) is 11.8 Å². The Kier molecular flexibility index (Phi) is 5.19. The molecule has 0 atom stereocenters. The van der Waals surface area contributed by atoms with E-state index in [4.69, 9.17) is 11.6 Å². The maximum atomic E-state index is 12.6. The first-order chi connectivity index (χ1) is 12.1. The average molecular weight is 359 g/mol. The van der Waals surface area contributed by atoms with E-state index in [9.17, 15) is 9.59 Å². The number of anilines is 1. The first-order valence-corrected chi connectivity index (χ1v) is 8.48. The van der Waals surface area contributed by atoms with Gasteiger partial charge in [0.1, 0.15) is 5.82 Å². The summed E-state index contributed by atoms with van der Waals surface area (Å²) in [5, 5.41) is 7.78. The van der Waals surface area contributed by atoms with Gasteiger partial charge in [-0.25, -0.2) is 4.68 Å². The van der Waals surface area contributed by atoms with E-state index in [0.29, 0.717) is 36.8 Å². The summed E-state index contributed by atoms with van der Waals surface area (Å²) in [4.78, 5) is 25.9. The molecule has 0 saturated carbocycles. The SMILES string of the molecule is C=CC(=O)N1CCC(C(=O)Nc2ccnn2-c2cccc(Cl)c2)CC1. The highest BCUT2D eigenvalue weighted by Gasteiger charge is 2.27. The largest absolute Gasteiger partial charge is 0.339 e. The van der Waals surface area contributed by atoms with Gasteiger partial charge in [-0.1, -0.05) is 24.2 Å². The van der Waals surface area contributed by atoms with Gasteiger partial charge in [-0.2, -0.15) is 5.10 Å². The fraction of sp³-hybridized carbons (Fsp3) is 0.278. The molecule has 7 heteroatoms. The van der Waals surface area contributed by atoms with Gasteiger partial charge in [0, 0.05) is 30.1 Å². The summed E-state index contributed by atoms with van der Waals surface area (Å²) in [6.45, 7) is 4.63. The number of benzene rings is 1. The minimum Gasteiger partial charge on any atom is -0.339 e. The molecule has 2 heterocycles. The van der Waals surface area contributed by atoms with E-state index in [0.717, 1.165) is 5.69 Å². The molecule has 1 saturated heterocycles. The number of nitrogens with one attached hydrogen (secondary N) is 1. The van der Waals surface area contributed by atoms with E-state index in [-0.39, 0.29) is 17.7 Å². The van der Waals surface area contributed by atoms with Crippen LogP contribution < -0.4 is 5.32 Å². The van der Waals surface area contributed by atoms with Crippen molar-refractivity contribution in [2.75, 3.05) is 18.4 Å². The minimum atomic E-state index is -0.128. The number of halogens is 1. The third kappa shape index (κ3) is 3.91. The van der Waals surface area contributed by atoms with E-state index >= 15 is 0 Å². The average Bonchev–Trinajstić information content (AvgIpc) is 3.09. The topological polar surface area (TPSA) is 67.2 Å². The van der Waals surface area contributed by atoms with E-state index in [1.807, 2.05) is 12.1 Å². The monoisotopic (exact) mass is 358 g/mol.